The zero-order chi connectivity index (χ0) is 8.53. The van der Waals surface area contributed by atoms with Gasteiger partial charge in [-0.3, -0.25) is 4.99 Å². The van der Waals surface area contributed by atoms with Crippen molar-refractivity contribution >= 4 is 6.21 Å². The average molecular weight is 149 g/mol. The molecule has 0 radical (unpaired) electrons. The van der Waals surface area contributed by atoms with E-state index < -0.39 is 0 Å². The van der Waals surface area contributed by atoms with Crippen LogP contribution in [0.15, 0.2) is 16.6 Å². The molecule has 1 nitrogen and oxygen atoms in total. The average Bonchev–Trinajstić information content (AvgIpc) is 2.03. The van der Waals surface area contributed by atoms with E-state index >= 15 is 0 Å². The summed E-state index contributed by atoms with van der Waals surface area (Å²) in [5, 5.41) is 0. The first-order chi connectivity index (χ1) is 5.35. The zero-order valence-corrected chi connectivity index (χ0v) is 7.52. The third kappa shape index (κ3) is 5.42. The summed E-state index contributed by atoms with van der Waals surface area (Å²) < 4.78 is 0. The van der Waals surface area contributed by atoms with Gasteiger partial charge in [-0.15, -0.1) is 5.92 Å². The van der Waals surface area contributed by atoms with Gasteiger partial charge in [0.1, 0.15) is 0 Å². The van der Waals surface area contributed by atoms with Gasteiger partial charge in [0.15, 0.2) is 0 Å². The molecule has 0 aliphatic heterocycles. The summed E-state index contributed by atoms with van der Waals surface area (Å²) >= 11 is 0. The molecule has 0 N–H and O–H groups in total. The molecule has 0 bridgehead atoms. The molecule has 0 amide bonds. The largest absolute Gasteiger partial charge is 0.292 e. The number of allylic oxidation sites excluding steroid dienone is 2. The smallest absolute Gasteiger partial charge is 0.0387 e. The van der Waals surface area contributed by atoms with E-state index in [1.165, 1.54) is 0 Å². The second-order valence-corrected chi connectivity index (χ2v) is 2.15. The van der Waals surface area contributed by atoms with Crippen molar-refractivity contribution in [2.45, 2.75) is 27.2 Å². The topological polar surface area (TPSA) is 12.4 Å². The molecular formula is C10H15N. The first-order valence-electron chi connectivity index (χ1n) is 3.94. The minimum Gasteiger partial charge on any atom is -0.292 e. The van der Waals surface area contributed by atoms with Gasteiger partial charge in [0.05, 0.1) is 0 Å². The van der Waals surface area contributed by atoms with Gasteiger partial charge in [-0.1, -0.05) is 18.9 Å². The normalized spacial score (nSPS) is 11.4. The van der Waals surface area contributed by atoms with E-state index in [2.05, 4.69) is 23.8 Å². The van der Waals surface area contributed by atoms with Gasteiger partial charge < -0.3 is 0 Å². The summed E-state index contributed by atoms with van der Waals surface area (Å²) in [5.41, 5.74) is 1.00. The maximum Gasteiger partial charge on any atom is 0.0387 e. The Labute approximate surface area is 69.2 Å². The first kappa shape index (κ1) is 9.97. The van der Waals surface area contributed by atoms with Gasteiger partial charge in [-0.05, 0) is 20.3 Å². The number of nitrogens with zero attached hydrogens (tertiary/aromatic N) is 1. The summed E-state index contributed by atoms with van der Waals surface area (Å²) in [6.45, 7) is 6.80. The molecule has 0 heterocycles. The Bertz CT molecular complexity index is 201. The lowest BCUT2D eigenvalue weighted by molar-refractivity contribution is 0.937. The second kappa shape index (κ2) is 7.08. The Hall–Kier alpha value is -1.03. The van der Waals surface area contributed by atoms with Crippen LogP contribution in [0.25, 0.3) is 0 Å². The second-order valence-electron chi connectivity index (χ2n) is 2.15. The molecule has 0 atom stereocenters. The maximum atomic E-state index is 4.18. The Balaban J connectivity index is 3.96. The van der Waals surface area contributed by atoms with Crippen molar-refractivity contribution in [1.82, 2.24) is 0 Å². The maximum absolute atomic E-state index is 4.18. The lowest BCUT2D eigenvalue weighted by Crippen LogP contribution is -1.82. The molecule has 0 spiro atoms. The number of aliphatic imine (C=N–C) groups is 1. The van der Waals surface area contributed by atoms with Crippen molar-refractivity contribution in [1.29, 1.82) is 0 Å². The molecule has 0 aromatic carbocycles. The molecule has 60 valence electrons. The quantitative estimate of drug-likeness (QED) is 0.431. The fourth-order valence-corrected chi connectivity index (χ4v) is 0.615. The predicted molar refractivity (Wildman–Crippen MR) is 50.9 cm³/mol. The van der Waals surface area contributed by atoms with Crippen LogP contribution in [-0.2, 0) is 0 Å². The van der Waals surface area contributed by atoms with Gasteiger partial charge in [0.25, 0.3) is 0 Å². The van der Waals surface area contributed by atoms with Crippen LogP contribution >= 0.6 is 0 Å². The molecule has 0 unspecified atom stereocenters. The molecule has 0 aromatic rings. The van der Waals surface area contributed by atoms with Crippen LogP contribution in [0.2, 0.25) is 0 Å². The summed E-state index contributed by atoms with van der Waals surface area (Å²) in [7, 11) is 0. The molecular weight excluding hydrogens is 134 g/mol. The molecule has 0 aromatic heterocycles. The molecule has 1 heteroatoms. The third-order valence-electron chi connectivity index (χ3n) is 1.16. The Kier molecular flexibility index (Phi) is 6.42. The zero-order valence-electron chi connectivity index (χ0n) is 7.52. The highest BCUT2D eigenvalue weighted by Crippen LogP contribution is 1.87. The molecule has 0 saturated heterocycles. The molecule has 0 saturated carbocycles. The van der Waals surface area contributed by atoms with Crippen molar-refractivity contribution in [2.24, 2.45) is 4.99 Å². The van der Waals surface area contributed by atoms with Crippen LogP contribution in [0.4, 0.5) is 0 Å². The highest BCUT2D eigenvalue weighted by Gasteiger charge is 1.81. The van der Waals surface area contributed by atoms with Gasteiger partial charge >= 0.3 is 0 Å². The van der Waals surface area contributed by atoms with Crippen molar-refractivity contribution in [3.05, 3.63) is 11.6 Å². The highest BCUT2D eigenvalue weighted by atomic mass is 14.7. The van der Waals surface area contributed by atoms with Gasteiger partial charge in [-0.2, -0.15) is 0 Å². The van der Waals surface area contributed by atoms with E-state index in [9.17, 15) is 0 Å². The van der Waals surface area contributed by atoms with E-state index in [1.807, 2.05) is 26.1 Å². The minimum atomic E-state index is 0.892. The Morgan fingerprint density at radius 2 is 2.27 bits per heavy atom. The van der Waals surface area contributed by atoms with Crippen LogP contribution in [0, 0.1) is 11.8 Å². The van der Waals surface area contributed by atoms with E-state index in [4.69, 9.17) is 0 Å². The number of rotatable bonds is 3. The van der Waals surface area contributed by atoms with Crippen LogP contribution < -0.4 is 0 Å². The van der Waals surface area contributed by atoms with Crippen molar-refractivity contribution in [3.63, 3.8) is 0 Å². The van der Waals surface area contributed by atoms with Gasteiger partial charge in [-0.25, -0.2) is 0 Å². The van der Waals surface area contributed by atoms with Gasteiger partial charge in [0.2, 0.25) is 0 Å². The van der Waals surface area contributed by atoms with E-state index in [-0.39, 0.29) is 0 Å². The monoisotopic (exact) mass is 149 g/mol. The fraction of sp³-hybridized carbons (Fsp3) is 0.500. The lowest BCUT2D eigenvalue weighted by Gasteiger charge is -1.87. The highest BCUT2D eigenvalue weighted by molar-refractivity contribution is 5.84. The van der Waals surface area contributed by atoms with Crippen molar-refractivity contribution < 1.29 is 0 Å². The van der Waals surface area contributed by atoms with Crippen LogP contribution in [-0.4, -0.2) is 12.8 Å². The first-order valence-corrected chi connectivity index (χ1v) is 3.94. The molecule has 0 fully saturated rings. The van der Waals surface area contributed by atoms with Crippen LogP contribution in [0.3, 0.4) is 0 Å². The number of hydrogen-bond donors (Lipinski definition) is 0. The Morgan fingerprint density at radius 1 is 1.55 bits per heavy atom. The van der Waals surface area contributed by atoms with E-state index in [0.29, 0.717) is 0 Å². The standard InChI is InChI=1S/C10H15N/c1-4-7-10(6-3)9-11-8-5-2/h6,9H,5,8H2,1-3H3/b10-6-,11-9?. The van der Waals surface area contributed by atoms with E-state index in [0.717, 1.165) is 18.5 Å². The lowest BCUT2D eigenvalue weighted by atomic mass is 10.3. The third-order valence-corrected chi connectivity index (χ3v) is 1.16. The van der Waals surface area contributed by atoms with E-state index in [1.54, 1.807) is 0 Å². The summed E-state index contributed by atoms with van der Waals surface area (Å²) in [6.07, 6.45) is 4.89. The van der Waals surface area contributed by atoms with Crippen LogP contribution in [0.5, 0.6) is 0 Å². The predicted octanol–water partition coefficient (Wildman–Crippen LogP) is 2.44. The molecule has 0 rings (SSSR count). The number of hydrogen-bond acceptors (Lipinski definition) is 1. The fourth-order valence-electron chi connectivity index (χ4n) is 0.615. The van der Waals surface area contributed by atoms with Crippen LogP contribution in [0.1, 0.15) is 27.2 Å². The molecule has 0 aliphatic carbocycles. The minimum absolute atomic E-state index is 0.892. The molecule has 0 aliphatic rings. The van der Waals surface area contributed by atoms with Crippen molar-refractivity contribution in [2.75, 3.05) is 6.54 Å². The summed E-state index contributed by atoms with van der Waals surface area (Å²) in [4.78, 5) is 4.18. The summed E-state index contributed by atoms with van der Waals surface area (Å²) in [6, 6.07) is 0. The molecule has 11 heavy (non-hydrogen) atoms. The van der Waals surface area contributed by atoms with Gasteiger partial charge in [0, 0.05) is 18.3 Å². The summed E-state index contributed by atoms with van der Waals surface area (Å²) in [5.74, 6) is 5.79. The van der Waals surface area contributed by atoms with Crippen molar-refractivity contribution in [3.8, 4) is 11.8 Å². The Morgan fingerprint density at radius 3 is 2.73 bits per heavy atom. The SMILES string of the molecule is CC#C/C(C=NCCC)=C/C.